The summed E-state index contributed by atoms with van der Waals surface area (Å²) >= 11 is 6.65. The maximum atomic E-state index is 17.0. The van der Waals surface area contributed by atoms with Crippen LogP contribution in [0.5, 0.6) is 6.01 Å². The zero-order chi connectivity index (χ0) is 37.7. The molecule has 5 aliphatic rings. The number of carbonyl (C=O) groups is 1. The Balaban J connectivity index is 1.02. The molecule has 0 saturated carbocycles. The molecule has 0 bridgehead atoms. The highest BCUT2D eigenvalue weighted by Crippen LogP contribution is 2.41. The molecule has 0 unspecified atom stereocenters. The average molecular weight is 769 g/mol. The molecular weight excluding hydrogens is 726 g/mol. The number of pyridine rings is 1. The van der Waals surface area contributed by atoms with E-state index in [0.29, 0.717) is 71.6 Å². The Kier molecular flexibility index (Phi) is 9.79. The highest BCUT2D eigenvalue weighted by atomic mass is 35.5. The number of likely N-dealkylation sites (tertiary alicyclic amines) is 1. The van der Waals surface area contributed by atoms with E-state index in [0.717, 1.165) is 51.1 Å². The number of amides is 1. The van der Waals surface area contributed by atoms with Crippen molar-refractivity contribution in [2.45, 2.75) is 43.4 Å². The van der Waals surface area contributed by atoms with Crippen LogP contribution in [-0.4, -0.2) is 125 Å². The van der Waals surface area contributed by atoms with Crippen LogP contribution in [0.25, 0.3) is 32.9 Å². The van der Waals surface area contributed by atoms with E-state index in [1.807, 2.05) is 35.2 Å². The molecule has 2 aromatic carbocycles. The number of rotatable bonds is 9. The molecule has 5 fully saturated rings. The number of piperazine rings is 1. The number of ether oxygens (including phenoxy) is 2. The summed E-state index contributed by atoms with van der Waals surface area (Å²) in [5.74, 6) is 0.739. The van der Waals surface area contributed by atoms with Crippen molar-refractivity contribution in [2.24, 2.45) is 11.8 Å². The minimum atomic E-state index is -0.934. The van der Waals surface area contributed by atoms with Gasteiger partial charge in [0.1, 0.15) is 29.8 Å². The van der Waals surface area contributed by atoms with E-state index in [4.69, 9.17) is 26.1 Å². The van der Waals surface area contributed by atoms with Gasteiger partial charge in [0.2, 0.25) is 5.91 Å². The number of aromatic nitrogens is 3. The molecule has 5 saturated heterocycles. The third-order valence-electron chi connectivity index (χ3n) is 12.3. The third-order valence-corrected chi connectivity index (χ3v) is 12.6. The van der Waals surface area contributed by atoms with Crippen molar-refractivity contribution in [3.8, 4) is 23.3 Å². The quantitative estimate of drug-likeness (QED) is 0.198. The zero-order valence-corrected chi connectivity index (χ0v) is 31.3. The lowest BCUT2D eigenvalue weighted by molar-refractivity contribution is -0.128. The Morgan fingerprint density at radius 2 is 1.91 bits per heavy atom. The summed E-state index contributed by atoms with van der Waals surface area (Å²) in [4.78, 5) is 35.9. The van der Waals surface area contributed by atoms with Gasteiger partial charge in [0.05, 0.1) is 42.7 Å². The van der Waals surface area contributed by atoms with Crippen molar-refractivity contribution in [1.82, 2.24) is 29.7 Å². The van der Waals surface area contributed by atoms with Gasteiger partial charge >= 0.3 is 6.01 Å². The summed E-state index contributed by atoms with van der Waals surface area (Å²) in [5, 5.41) is 12.2. The number of hydrogen-bond donors (Lipinski definition) is 0. The molecular formula is C41H43ClF2N8O3. The number of nitriles is 1. The van der Waals surface area contributed by atoms with Gasteiger partial charge in [0.25, 0.3) is 0 Å². The number of benzene rings is 2. The SMILES string of the molecule is N#CC[C@H]1CN(c2nc(OC[C@@]34CCCN3C[C@H](F)C4)nc3c(F)c(-c4cccc5cccc(Cl)c45)ncc23)CCN1C(=O)/C=C/CN1C[C@H]2COC[C@H]2C1. The van der Waals surface area contributed by atoms with Crippen LogP contribution in [0.3, 0.4) is 0 Å². The van der Waals surface area contributed by atoms with Gasteiger partial charge in [0, 0.05) is 92.3 Å². The highest BCUT2D eigenvalue weighted by Gasteiger charge is 2.49. The topological polar surface area (TPSA) is 111 Å². The second-order valence-electron chi connectivity index (χ2n) is 15.7. The van der Waals surface area contributed by atoms with Crippen LogP contribution in [0.15, 0.2) is 54.7 Å². The Bertz CT molecular complexity index is 2190. The molecule has 14 heteroatoms. The predicted octanol–water partition coefficient (Wildman–Crippen LogP) is 5.66. The highest BCUT2D eigenvalue weighted by molar-refractivity contribution is 6.36. The van der Waals surface area contributed by atoms with Gasteiger partial charge in [0.15, 0.2) is 5.82 Å². The van der Waals surface area contributed by atoms with E-state index >= 15 is 4.39 Å². The first kappa shape index (κ1) is 36.2. The van der Waals surface area contributed by atoms with Gasteiger partial charge in [-0.2, -0.15) is 15.2 Å². The summed E-state index contributed by atoms with van der Waals surface area (Å²) in [5.41, 5.74) is 0.189. The molecule has 286 valence electrons. The molecule has 5 atom stereocenters. The van der Waals surface area contributed by atoms with Crippen LogP contribution in [0, 0.1) is 29.0 Å². The zero-order valence-electron chi connectivity index (χ0n) is 30.5. The third kappa shape index (κ3) is 6.77. The van der Waals surface area contributed by atoms with Crippen LogP contribution in [-0.2, 0) is 9.53 Å². The summed E-state index contributed by atoms with van der Waals surface area (Å²) in [7, 11) is 0. The van der Waals surface area contributed by atoms with Gasteiger partial charge in [-0.3, -0.25) is 19.6 Å². The van der Waals surface area contributed by atoms with Gasteiger partial charge in [-0.1, -0.05) is 48.0 Å². The Morgan fingerprint density at radius 1 is 1.09 bits per heavy atom. The van der Waals surface area contributed by atoms with E-state index in [9.17, 15) is 14.4 Å². The lowest BCUT2D eigenvalue weighted by Crippen LogP contribution is -2.55. The fraction of sp³-hybridized carbons (Fsp3) is 0.488. The number of carbonyl (C=O) groups excluding carboxylic acids is 1. The standard InChI is InChI=1S/C41H43ClF2N8O3/c42-33-8-2-6-26-5-1-7-31(35(26)33)37-36(44)38-32(18-46-37)39(48-40(47-38)55-25-41-11-4-14-51(41)21-29(43)17-41)50-15-16-52(30(22-50)10-12-45)34(53)9-3-13-49-19-27-23-54-24-28(27)20-49/h1-3,5-9,18,27-30H,4,10-11,13-17,19-25H2/b9-3+/t27-,28+,29-,30+,41+/m1/s1. The van der Waals surface area contributed by atoms with E-state index in [-0.39, 0.29) is 42.7 Å². The minimum absolute atomic E-state index is 0.0195. The molecule has 55 heavy (non-hydrogen) atoms. The largest absolute Gasteiger partial charge is 0.461 e. The predicted molar refractivity (Wildman–Crippen MR) is 205 cm³/mol. The molecule has 0 aliphatic carbocycles. The molecule has 4 aromatic rings. The lowest BCUT2D eigenvalue weighted by Gasteiger charge is -2.41. The number of anilines is 1. The van der Waals surface area contributed by atoms with Crippen LogP contribution < -0.4 is 9.64 Å². The summed E-state index contributed by atoms with van der Waals surface area (Å²) in [6.07, 6.45) is 6.40. The number of nitrogens with zero attached hydrogens (tertiary/aromatic N) is 8. The summed E-state index contributed by atoms with van der Waals surface area (Å²) in [6.45, 7) is 6.60. The monoisotopic (exact) mass is 768 g/mol. The van der Waals surface area contributed by atoms with E-state index in [1.165, 1.54) is 0 Å². The number of halogens is 3. The van der Waals surface area contributed by atoms with Crippen molar-refractivity contribution < 1.29 is 23.0 Å². The van der Waals surface area contributed by atoms with Crippen molar-refractivity contribution in [3.63, 3.8) is 0 Å². The van der Waals surface area contributed by atoms with Gasteiger partial charge in [-0.15, -0.1) is 0 Å². The van der Waals surface area contributed by atoms with Crippen LogP contribution >= 0.6 is 11.6 Å². The van der Waals surface area contributed by atoms with Gasteiger partial charge < -0.3 is 19.3 Å². The smallest absolute Gasteiger partial charge is 0.319 e. The number of fused-ring (bicyclic) bond motifs is 4. The summed E-state index contributed by atoms with van der Waals surface area (Å²) in [6, 6.07) is 12.9. The molecule has 9 rings (SSSR count). The van der Waals surface area contributed by atoms with Gasteiger partial charge in [-0.05, 0) is 30.8 Å². The minimum Gasteiger partial charge on any atom is -0.461 e. The first-order chi connectivity index (χ1) is 26.8. The maximum Gasteiger partial charge on any atom is 0.319 e. The van der Waals surface area contributed by atoms with Crippen molar-refractivity contribution in [3.05, 3.63) is 65.6 Å². The Morgan fingerprint density at radius 3 is 2.73 bits per heavy atom. The maximum absolute atomic E-state index is 17.0. The second-order valence-corrected chi connectivity index (χ2v) is 16.1. The molecule has 0 spiro atoms. The summed E-state index contributed by atoms with van der Waals surface area (Å²) < 4.78 is 43.5. The molecule has 7 heterocycles. The Labute approximate surface area is 323 Å². The molecule has 11 nitrogen and oxygen atoms in total. The Hall–Kier alpha value is -4.48. The molecule has 1 amide bonds. The van der Waals surface area contributed by atoms with Gasteiger partial charge in [-0.25, -0.2) is 8.78 Å². The van der Waals surface area contributed by atoms with Crippen LogP contribution in [0.2, 0.25) is 5.02 Å². The van der Waals surface area contributed by atoms with E-state index in [1.54, 1.807) is 29.3 Å². The van der Waals surface area contributed by atoms with E-state index in [2.05, 4.69) is 25.8 Å². The average Bonchev–Trinajstić information content (AvgIpc) is 3.95. The molecule has 0 radical (unpaired) electrons. The fourth-order valence-electron chi connectivity index (χ4n) is 9.60. The second kappa shape index (κ2) is 14.9. The van der Waals surface area contributed by atoms with Crippen molar-refractivity contribution in [1.29, 1.82) is 5.26 Å². The van der Waals surface area contributed by atoms with E-state index < -0.39 is 23.6 Å². The first-order valence-electron chi connectivity index (χ1n) is 19.2. The lowest BCUT2D eigenvalue weighted by atomic mass is 9.95. The van der Waals surface area contributed by atoms with Crippen molar-refractivity contribution in [2.75, 3.05) is 77.1 Å². The first-order valence-corrected chi connectivity index (χ1v) is 19.6. The molecule has 0 N–H and O–H groups in total. The van der Waals surface area contributed by atoms with Crippen LogP contribution in [0.4, 0.5) is 14.6 Å². The normalized spacial score (nSPS) is 27.0. The van der Waals surface area contributed by atoms with Crippen molar-refractivity contribution >= 4 is 45.0 Å². The van der Waals surface area contributed by atoms with Crippen LogP contribution in [0.1, 0.15) is 25.7 Å². The number of alkyl halides is 1. The molecule has 2 aromatic heterocycles. The number of hydrogen-bond acceptors (Lipinski definition) is 10. The molecule has 5 aliphatic heterocycles. The fourth-order valence-corrected chi connectivity index (χ4v) is 9.89.